The molecule has 0 saturated heterocycles. The van der Waals surface area contributed by atoms with Crippen molar-refractivity contribution < 1.29 is 4.42 Å². The molecule has 7 heteroatoms. The molecule has 11 aromatic carbocycles. The molecule has 0 bridgehead atoms. The highest BCUT2D eigenvalue weighted by Crippen LogP contribution is 2.51. The molecule has 4 nitrogen and oxygen atoms in total. The van der Waals surface area contributed by atoms with Crippen LogP contribution in [0.3, 0.4) is 0 Å². The van der Waals surface area contributed by atoms with Crippen LogP contribution in [0.1, 0.15) is 105 Å². The van der Waals surface area contributed by atoms with Gasteiger partial charge in [-0.25, -0.2) is 0 Å². The zero-order chi connectivity index (χ0) is 62.9. The molecule has 91 heavy (non-hydrogen) atoms. The maximum absolute atomic E-state index is 6.71. The molecule has 2 aromatic heterocycles. The van der Waals surface area contributed by atoms with Crippen molar-refractivity contribution in [3.8, 4) is 0 Å². The van der Waals surface area contributed by atoms with Crippen molar-refractivity contribution >= 4 is 146 Å². The van der Waals surface area contributed by atoms with Crippen LogP contribution in [0.5, 0.6) is 0 Å². The van der Waals surface area contributed by atoms with Crippen LogP contribution in [0.2, 0.25) is 0 Å². The summed E-state index contributed by atoms with van der Waals surface area (Å²) < 4.78 is 9.34. The second-order valence-electron chi connectivity index (χ2n) is 29.4. The first kappa shape index (κ1) is 58.2. The second-order valence-corrected chi connectivity index (χ2v) is 34.3. The SMILES string of the molecule is CC(C)(C)c1ccc(N2c3cc(N(c4ccc(C(C)(C)C)cc4)c4cccc5oc6ccccc6c45)ccc3B3c4sc5ccc(C(C)(C)C)cc5c4N(c4ccc(C(C)(C)C)cc4)c4cc([Si](c5ccccc5)(c5ccccc5)c5ccccc5)cc2c43)cc1. The Balaban J connectivity index is 1.10. The molecule has 0 aliphatic carbocycles. The summed E-state index contributed by atoms with van der Waals surface area (Å²) in [5, 5.41) is 8.77. The van der Waals surface area contributed by atoms with E-state index < -0.39 is 8.07 Å². The molecule has 0 saturated carbocycles. The molecule has 0 unspecified atom stereocenters. The Morgan fingerprint density at radius 1 is 0.385 bits per heavy atom. The number of hydrogen-bond acceptors (Lipinski definition) is 5. The lowest BCUT2D eigenvalue weighted by Crippen LogP contribution is -2.75. The van der Waals surface area contributed by atoms with E-state index in [0.717, 1.165) is 56.1 Å². The van der Waals surface area contributed by atoms with Gasteiger partial charge < -0.3 is 19.1 Å². The van der Waals surface area contributed by atoms with Gasteiger partial charge in [0.15, 0.2) is 8.07 Å². The molecule has 0 fully saturated rings. The van der Waals surface area contributed by atoms with E-state index in [2.05, 4.69) is 353 Å². The molecule has 4 heterocycles. The van der Waals surface area contributed by atoms with Gasteiger partial charge in [-0.2, -0.15) is 0 Å². The third-order valence-corrected chi connectivity index (χ3v) is 25.4. The van der Waals surface area contributed by atoms with Crippen molar-refractivity contribution in [1.29, 1.82) is 0 Å². The van der Waals surface area contributed by atoms with Crippen molar-refractivity contribution in [3.63, 3.8) is 0 Å². The summed E-state index contributed by atoms with van der Waals surface area (Å²) in [7, 11) is -3.23. The monoisotopic (exact) mass is 1220 g/mol. The van der Waals surface area contributed by atoms with E-state index in [0.29, 0.717) is 0 Å². The normalized spacial score (nSPS) is 13.4. The van der Waals surface area contributed by atoms with Gasteiger partial charge in [0.1, 0.15) is 11.2 Å². The molecule has 15 rings (SSSR count). The van der Waals surface area contributed by atoms with E-state index in [1.807, 2.05) is 11.3 Å². The van der Waals surface area contributed by atoms with Gasteiger partial charge >= 0.3 is 0 Å². The molecule has 0 spiro atoms. The van der Waals surface area contributed by atoms with Gasteiger partial charge in [-0.15, -0.1) is 11.3 Å². The number of anilines is 9. The van der Waals surface area contributed by atoms with Crippen molar-refractivity contribution in [3.05, 3.63) is 277 Å². The molecule has 448 valence electrons. The van der Waals surface area contributed by atoms with Crippen molar-refractivity contribution in [2.45, 2.75) is 105 Å². The average Bonchev–Trinajstić information content (AvgIpc) is 1.00. The Hall–Kier alpha value is -9.14. The van der Waals surface area contributed by atoms with Gasteiger partial charge in [0, 0.05) is 60.1 Å². The number of hydrogen-bond donors (Lipinski definition) is 0. The first-order valence-corrected chi connectivity index (χ1v) is 35.2. The van der Waals surface area contributed by atoms with Gasteiger partial charge in [0.2, 0.25) is 0 Å². The molecule has 0 atom stereocenters. The van der Waals surface area contributed by atoms with E-state index in [9.17, 15) is 0 Å². The van der Waals surface area contributed by atoms with E-state index >= 15 is 0 Å². The number of furan rings is 1. The number of nitrogens with zero attached hydrogens (tertiary/aromatic N) is 3. The highest BCUT2D eigenvalue weighted by atomic mass is 32.1. The molecule has 13 aromatic rings. The van der Waals surface area contributed by atoms with Gasteiger partial charge in [-0.3, -0.25) is 0 Å². The van der Waals surface area contributed by atoms with Crippen LogP contribution in [-0.4, -0.2) is 14.8 Å². The first-order chi connectivity index (χ1) is 43.7. The molecule has 2 aliphatic heterocycles. The van der Waals surface area contributed by atoms with Crippen molar-refractivity contribution in [2.24, 2.45) is 0 Å². The summed E-state index contributed by atoms with van der Waals surface area (Å²) in [5.41, 5.74) is 19.6. The summed E-state index contributed by atoms with van der Waals surface area (Å²) in [6.07, 6.45) is 0. The third kappa shape index (κ3) is 9.69. The Morgan fingerprint density at radius 2 is 0.857 bits per heavy atom. The summed E-state index contributed by atoms with van der Waals surface area (Å²) in [5.74, 6) is 0. The maximum Gasteiger partial charge on any atom is 0.264 e. The first-order valence-electron chi connectivity index (χ1n) is 32.3. The molecule has 0 amide bonds. The average molecular weight is 1220 g/mol. The third-order valence-electron chi connectivity index (χ3n) is 19.4. The van der Waals surface area contributed by atoms with Gasteiger partial charge in [-0.1, -0.05) is 247 Å². The second kappa shape index (κ2) is 21.5. The van der Waals surface area contributed by atoms with E-state index in [1.165, 1.54) is 85.9 Å². The Kier molecular flexibility index (Phi) is 13.8. The minimum Gasteiger partial charge on any atom is -0.456 e. The molecule has 0 radical (unpaired) electrons. The predicted octanol–water partition coefficient (Wildman–Crippen LogP) is 18.9. The molecule has 2 aliphatic rings. The molecular weight excluding hydrogens is 1140 g/mol. The van der Waals surface area contributed by atoms with Crippen molar-refractivity contribution in [2.75, 3.05) is 14.7 Å². The fourth-order valence-electron chi connectivity index (χ4n) is 14.6. The topological polar surface area (TPSA) is 22.9 Å². The van der Waals surface area contributed by atoms with Gasteiger partial charge in [0.05, 0.1) is 16.8 Å². The highest BCUT2D eigenvalue weighted by molar-refractivity contribution is 7.33. The van der Waals surface area contributed by atoms with Crippen LogP contribution in [0, 0.1) is 0 Å². The lowest BCUT2D eigenvalue weighted by Gasteiger charge is -2.45. The number of rotatable bonds is 9. The lowest BCUT2D eigenvalue weighted by molar-refractivity contribution is 0.590. The van der Waals surface area contributed by atoms with Gasteiger partial charge in [-0.05, 0) is 167 Å². The number of benzene rings is 11. The minimum atomic E-state index is -3.23. The number of fused-ring (bicyclic) bond motifs is 9. The summed E-state index contributed by atoms with van der Waals surface area (Å²) in [4.78, 5) is 7.82. The summed E-state index contributed by atoms with van der Waals surface area (Å²) in [6, 6.07) is 97.8. The van der Waals surface area contributed by atoms with Crippen LogP contribution >= 0.6 is 11.3 Å². The number of para-hydroxylation sites is 1. The minimum absolute atomic E-state index is 0.0305. The van der Waals surface area contributed by atoms with E-state index in [1.54, 1.807) is 0 Å². The van der Waals surface area contributed by atoms with Crippen LogP contribution in [-0.2, 0) is 21.7 Å². The Labute approximate surface area is 543 Å². The van der Waals surface area contributed by atoms with Crippen LogP contribution < -0.4 is 51.1 Å². The quantitative estimate of drug-likeness (QED) is 0.106. The Morgan fingerprint density at radius 3 is 1.41 bits per heavy atom. The van der Waals surface area contributed by atoms with E-state index in [4.69, 9.17) is 4.42 Å². The predicted molar refractivity (Wildman–Crippen MR) is 396 cm³/mol. The largest absolute Gasteiger partial charge is 0.456 e. The van der Waals surface area contributed by atoms with Gasteiger partial charge in [0.25, 0.3) is 6.71 Å². The molecule has 0 N–H and O–H groups in total. The van der Waals surface area contributed by atoms with Crippen LogP contribution in [0.15, 0.2) is 259 Å². The Bertz CT molecular complexity index is 4810. The maximum atomic E-state index is 6.71. The van der Waals surface area contributed by atoms with Crippen molar-refractivity contribution in [1.82, 2.24) is 0 Å². The van der Waals surface area contributed by atoms with Crippen LogP contribution in [0.4, 0.5) is 51.2 Å². The zero-order valence-electron chi connectivity index (χ0n) is 54.5. The van der Waals surface area contributed by atoms with Crippen LogP contribution in [0.25, 0.3) is 32.0 Å². The zero-order valence-corrected chi connectivity index (χ0v) is 56.3. The summed E-state index contributed by atoms with van der Waals surface area (Å²) >= 11 is 1.97. The fraction of sp³-hybridized carbons (Fsp3) is 0.190. The highest BCUT2D eigenvalue weighted by Gasteiger charge is 2.49. The smallest absolute Gasteiger partial charge is 0.264 e. The lowest BCUT2D eigenvalue weighted by atomic mass is 9.36. The standard InChI is InChI=1S/C84H78BN3OSSi/c1-81(2,3)55-35-42-59(43-36-55)86(70-32-24-34-75-77(70)67-31-22-23-33-74(67)89-75)62-48-49-69-71(52-62)87(60-44-37-56(38-45-60)82(4,5)6)72-53-66(91(63-25-16-13-17-26-63,64-27-18-14-19-28-64)65-29-20-15-21-30-65)54-73-78(72)85(69)80-79(68-51-58(84(10,11)12)41-50-76(68)90-80)88(73)61-46-39-57(40-47-61)83(7,8)9/h13-54H,1-12H3. The molecular formula is C84H78BN3OSSi. The fourth-order valence-corrected chi connectivity index (χ4v) is 20.7. The van der Waals surface area contributed by atoms with E-state index in [-0.39, 0.29) is 28.4 Å². The number of thiophene rings is 1. The summed E-state index contributed by atoms with van der Waals surface area (Å²) in [6.45, 7) is 27.7.